The molecule has 3 rings (SSSR count). The topological polar surface area (TPSA) is 62.7 Å². The quantitative estimate of drug-likeness (QED) is 0.737. The van der Waals surface area contributed by atoms with Crippen LogP contribution in [0.3, 0.4) is 0 Å². The lowest BCUT2D eigenvalue weighted by Gasteiger charge is -2.30. The number of carbonyl (C=O) groups excluding carboxylic acids is 1. The lowest BCUT2D eigenvalue weighted by atomic mass is 9.89. The van der Waals surface area contributed by atoms with E-state index in [1.54, 1.807) is 0 Å². The van der Waals surface area contributed by atoms with Gasteiger partial charge < -0.3 is 15.5 Å². The van der Waals surface area contributed by atoms with Crippen LogP contribution in [0, 0.1) is 0 Å². The zero-order valence-electron chi connectivity index (χ0n) is 10.2. The third-order valence-corrected chi connectivity index (χ3v) is 3.95. The highest BCUT2D eigenvalue weighted by molar-refractivity contribution is 6.39. The van der Waals surface area contributed by atoms with Crippen LogP contribution < -0.4 is 10.6 Å². The molecule has 94 valence electrons. The number of hydrogen-bond acceptors (Lipinski definition) is 4. The van der Waals surface area contributed by atoms with Gasteiger partial charge in [0, 0.05) is 18.5 Å². The Bertz CT molecular complexity index is 368. The van der Waals surface area contributed by atoms with E-state index in [4.69, 9.17) is 4.84 Å². The molecule has 1 aliphatic carbocycles. The molecule has 2 N–H and O–H groups in total. The zero-order valence-corrected chi connectivity index (χ0v) is 10.2. The molecule has 0 aromatic heterocycles. The predicted octanol–water partition coefficient (Wildman–Crippen LogP) is 0.554. The summed E-state index contributed by atoms with van der Waals surface area (Å²) in [6.45, 7) is 3.90. The first-order valence-electron chi connectivity index (χ1n) is 6.39. The van der Waals surface area contributed by atoms with Crippen LogP contribution in [0.2, 0.25) is 0 Å². The molecule has 5 heteroatoms. The third kappa shape index (κ3) is 2.16. The van der Waals surface area contributed by atoms with Gasteiger partial charge in [-0.1, -0.05) is 5.16 Å². The standard InChI is InChI=1S/C12H19N3O2/c1-11(4-5-11)14-10(16)9-7-12(17-15-9)3-2-6-13-8-12/h13H,2-8H2,1H3,(H,14,16). The van der Waals surface area contributed by atoms with Crippen LogP contribution in [0.1, 0.15) is 39.0 Å². The van der Waals surface area contributed by atoms with Crippen molar-refractivity contribution < 1.29 is 9.63 Å². The highest BCUT2D eigenvalue weighted by atomic mass is 16.7. The van der Waals surface area contributed by atoms with E-state index in [1.807, 2.05) is 0 Å². The molecule has 1 spiro atoms. The van der Waals surface area contributed by atoms with E-state index in [0.29, 0.717) is 12.1 Å². The number of oxime groups is 1. The number of piperidine rings is 1. The molecule has 1 unspecified atom stereocenters. The molecule has 2 aliphatic heterocycles. The molecular formula is C12H19N3O2. The lowest BCUT2D eigenvalue weighted by molar-refractivity contribution is -0.115. The fourth-order valence-electron chi connectivity index (χ4n) is 2.47. The van der Waals surface area contributed by atoms with Gasteiger partial charge in [0.25, 0.3) is 5.91 Å². The Labute approximate surface area is 101 Å². The Hall–Kier alpha value is -1.10. The van der Waals surface area contributed by atoms with Crippen molar-refractivity contribution in [3.63, 3.8) is 0 Å². The Morgan fingerprint density at radius 1 is 1.47 bits per heavy atom. The van der Waals surface area contributed by atoms with Gasteiger partial charge in [-0.05, 0) is 39.2 Å². The average molecular weight is 237 g/mol. The summed E-state index contributed by atoms with van der Waals surface area (Å²) >= 11 is 0. The average Bonchev–Trinajstić information content (AvgIpc) is 2.89. The molecule has 1 saturated carbocycles. The van der Waals surface area contributed by atoms with Crippen LogP contribution >= 0.6 is 0 Å². The molecular weight excluding hydrogens is 218 g/mol. The second-order valence-electron chi connectivity index (χ2n) is 5.78. The lowest BCUT2D eigenvalue weighted by Crippen LogP contribution is -2.47. The van der Waals surface area contributed by atoms with Crippen molar-refractivity contribution in [2.45, 2.75) is 50.2 Å². The van der Waals surface area contributed by atoms with Crippen LogP contribution in [0.5, 0.6) is 0 Å². The van der Waals surface area contributed by atoms with Crippen LogP contribution in [-0.2, 0) is 9.63 Å². The maximum Gasteiger partial charge on any atom is 0.269 e. The minimum absolute atomic E-state index is 0.0141. The Morgan fingerprint density at radius 3 is 2.94 bits per heavy atom. The minimum atomic E-state index is -0.255. The summed E-state index contributed by atoms with van der Waals surface area (Å²) in [5.74, 6) is -0.0487. The highest BCUT2D eigenvalue weighted by Gasteiger charge is 2.45. The molecule has 1 atom stereocenters. The van der Waals surface area contributed by atoms with E-state index in [9.17, 15) is 4.79 Å². The number of amides is 1. The van der Waals surface area contributed by atoms with Crippen LogP contribution in [0.15, 0.2) is 5.16 Å². The van der Waals surface area contributed by atoms with Crippen molar-refractivity contribution >= 4 is 11.6 Å². The van der Waals surface area contributed by atoms with Gasteiger partial charge >= 0.3 is 0 Å². The summed E-state index contributed by atoms with van der Waals surface area (Å²) < 4.78 is 0. The molecule has 0 aromatic rings. The van der Waals surface area contributed by atoms with Crippen molar-refractivity contribution in [3.8, 4) is 0 Å². The fraction of sp³-hybridized carbons (Fsp3) is 0.833. The maximum absolute atomic E-state index is 12.0. The molecule has 17 heavy (non-hydrogen) atoms. The summed E-state index contributed by atoms with van der Waals surface area (Å²) in [4.78, 5) is 17.5. The van der Waals surface area contributed by atoms with Crippen molar-refractivity contribution in [3.05, 3.63) is 0 Å². The predicted molar refractivity (Wildman–Crippen MR) is 63.8 cm³/mol. The number of carbonyl (C=O) groups is 1. The largest absolute Gasteiger partial charge is 0.387 e. The van der Waals surface area contributed by atoms with Crippen molar-refractivity contribution in [1.82, 2.24) is 10.6 Å². The number of hydrogen-bond donors (Lipinski definition) is 2. The minimum Gasteiger partial charge on any atom is -0.387 e. The maximum atomic E-state index is 12.0. The zero-order chi connectivity index (χ0) is 11.9. The van der Waals surface area contributed by atoms with E-state index in [0.717, 1.165) is 38.8 Å². The van der Waals surface area contributed by atoms with Gasteiger partial charge in [-0.3, -0.25) is 4.79 Å². The summed E-state index contributed by atoms with van der Waals surface area (Å²) in [6.07, 6.45) is 4.85. The Kier molecular flexibility index (Phi) is 2.40. The molecule has 1 saturated heterocycles. The summed E-state index contributed by atoms with van der Waals surface area (Å²) in [7, 11) is 0. The van der Waals surface area contributed by atoms with E-state index in [1.165, 1.54) is 0 Å². The number of rotatable bonds is 2. The van der Waals surface area contributed by atoms with Gasteiger partial charge in [0.15, 0.2) is 5.60 Å². The molecule has 1 amide bonds. The van der Waals surface area contributed by atoms with E-state index >= 15 is 0 Å². The Balaban J connectivity index is 1.60. The summed E-state index contributed by atoms with van der Waals surface area (Å²) in [5, 5.41) is 10.3. The fourth-order valence-corrected chi connectivity index (χ4v) is 2.47. The molecule has 0 bridgehead atoms. The molecule has 2 fully saturated rings. The SMILES string of the molecule is CC1(NC(=O)C2=NOC3(CCCNC3)C2)CC1. The molecule has 2 heterocycles. The molecule has 5 nitrogen and oxygen atoms in total. The van der Waals surface area contributed by atoms with Gasteiger partial charge in [-0.25, -0.2) is 0 Å². The van der Waals surface area contributed by atoms with E-state index < -0.39 is 0 Å². The van der Waals surface area contributed by atoms with Crippen LogP contribution in [-0.4, -0.2) is 35.8 Å². The first-order valence-corrected chi connectivity index (χ1v) is 6.39. The molecule has 3 aliphatic rings. The van der Waals surface area contributed by atoms with Gasteiger partial charge in [0.2, 0.25) is 0 Å². The summed E-state index contributed by atoms with van der Waals surface area (Å²) in [5.41, 5.74) is 0.317. The second-order valence-corrected chi connectivity index (χ2v) is 5.78. The van der Waals surface area contributed by atoms with E-state index in [2.05, 4.69) is 22.7 Å². The number of nitrogens with zero attached hydrogens (tertiary/aromatic N) is 1. The first-order chi connectivity index (χ1) is 8.11. The molecule has 0 aromatic carbocycles. The normalized spacial score (nSPS) is 34.1. The third-order valence-electron chi connectivity index (χ3n) is 3.95. The van der Waals surface area contributed by atoms with Crippen molar-refractivity contribution in [1.29, 1.82) is 0 Å². The van der Waals surface area contributed by atoms with Gasteiger partial charge in [-0.2, -0.15) is 0 Å². The first kappa shape index (κ1) is 11.0. The van der Waals surface area contributed by atoms with E-state index in [-0.39, 0.29) is 17.0 Å². The van der Waals surface area contributed by atoms with Gasteiger partial charge in [0.1, 0.15) is 5.71 Å². The monoisotopic (exact) mass is 237 g/mol. The molecule has 0 radical (unpaired) electrons. The Morgan fingerprint density at radius 2 is 2.29 bits per heavy atom. The van der Waals surface area contributed by atoms with Crippen LogP contribution in [0.4, 0.5) is 0 Å². The number of nitrogens with one attached hydrogen (secondary N) is 2. The van der Waals surface area contributed by atoms with Crippen molar-refractivity contribution in [2.75, 3.05) is 13.1 Å². The highest BCUT2D eigenvalue weighted by Crippen LogP contribution is 2.35. The smallest absolute Gasteiger partial charge is 0.269 e. The second kappa shape index (κ2) is 3.70. The van der Waals surface area contributed by atoms with Crippen molar-refractivity contribution in [2.24, 2.45) is 5.16 Å². The van der Waals surface area contributed by atoms with Gasteiger partial charge in [-0.15, -0.1) is 0 Å². The van der Waals surface area contributed by atoms with Crippen LogP contribution in [0.25, 0.3) is 0 Å². The summed E-state index contributed by atoms with van der Waals surface area (Å²) in [6, 6.07) is 0. The van der Waals surface area contributed by atoms with Gasteiger partial charge in [0.05, 0.1) is 0 Å².